The molecule has 0 saturated carbocycles. The summed E-state index contributed by atoms with van der Waals surface area (Å²) in [6, 6.07) is 29.1. The molecule has 0 aliphatic heterocycles. The standard InChI is InChI=1S/C23H26NOP/c1-18-11-9-10-16-22(18)26(21-14-7-4-8-15-21)17-24-19(2)23(25)20-12-5-3-6-13-20/h3-16,19,23-25H,17H2,1-2H3/t19-,23-,26-/m0/s1. The molecule has 2 nitrogen and oxygen atoms in total. The number of nitrogens with one attached hydrogen (secondary N) is 1. The smallest absolute Gasteiger partial charge is 0.0940 e. The molecule has 0 saturated heterocycles. The van der Waals surface area contributed by atoms with E-state index in [0.29, 0.717) is 0 Å². The molecular formula is C23H26NOP. The van der Waals surface area contributed by atoms with Gasteiger partial charge in [-0.05, 0) is 43.5 Å². The van der Waals surface area contributed by atoms with Crippen molar-refractivity contribution in [2.45, 2.75) is 26.0 Å². The van der Waals surface area contributed by atoms with E-state index in [1.807, 2.05) is 37.3 Å². The molecule has 0 aliphatic carbocycles. The second-order valence-corrected chi connectivity index (χ2v) is 8.73. The van der Waals surface area contributed by atoms with Gasteiger partial charge in [0, 0.05) is 12.3 Å². The zero-order valence-corrected chi connectivity index (χ0v) is 16.2. The van der Waals surface area contributed by atoms with Crippen LogP contribution in [-0.4, -0.2) is 17.4 Å². The minimum absolute atomic E-state index is 0.0184. The quantitative estimate of drug-likeness (QED) is 0.620. The van der Waals surface area contributed by atoms with Gasteiger partial charge in [-0.3, -0.25) is 0 Å². The summed E-state index contributed by atoms with van der Waals surface area (Å²) in [5.41, 5.74) is 2.27. The molecule has 26 heavy (non-hydrogen) atoms. The van der Waals surface area contributed by atoms with E-state index in [-0.39, 0.29) is 6.04 Å². The molecule has 2 N–H and O–H groups in total. The zero-order valence-electron chi connectivity index (χ0n) is 15.3. The van der Waals surface area contributed by atoms with Crippen LogP contribution in [0.15, 0.2) is 84.9 Å². The summed E-state index contributed by atoms with van der Waals surface area (Å²) in [4.78, 5) is 0. The Hall–Kier alpha value is -1.99. The molecule has 0 fully saturated rings. The van der Waals surface area contributed by atoms with Gasteiger partial charge < -0.3 is 10.4 Å². The topological polar surface area (TPSA) is 32.3 Å². The van der Waals surface area contributed by atoms with Gasteiger partial charge in [-0.25, -0.2) is 0 Å². The van der Waals surface area contributed by atoms with Gasteiger partial charge in [0.25, 0.3) is 0 Å². The first-order valence-electron chi connectivity index (χ1n) is 9.01. The fraction of sp³-hybridized carbons (Fsp3) is 0.217. The highest BCUT2D eigenvalue weighted by atomic mass is 31.1. The largest absolute Gasteiger partial charge is 0.387 e. The van der Waals surface area contributed by atoms with Crippen LogP contribution in [-0.2, 0) is 0 Å². The number of aliphatic hydroxyl groups excluding tert-OH is 1. The van der Waals surface area contributed by atoms with Crippen molar-refractivity contribution in [2.24, 2.45) is 0 Å². The summed E-state index contributed by atoms with van der Waals surface area (Å²) in [7, 11) is -0.520. The molecule has 0 aliphatic rings. The third-order valence-electron chi connectivity index (χ3n) is 4.66. The van der Waals surface area contributed by atoms with Crippen molar-refractivity contribution < 1.29 is 5.11 Å². The second kappa shape index (κ2) is 9.09. The molecule has 3 aromatic rings. The van der Waals surface area contributed by atoms with Gasteiger partial charge in [0.2, 0.25) is 0 Å². The minimum Gasteiger partial charge on any atom is -0.387 e. The van der Waals surface area contributed by atoms with Crippen molar-refractivity contribution in [3.05, 3.63) is 96.1 Å². The van der Waals surface area contributed by atoms with Gasteiger partial charge in [0.15, 0.2) is 0 Å². The molecule has 3 rings (SSSR count). The van der Waals surface area contributed by atoms with E-state index >= 15 is 0 Å². The van der Waals surface area contributed by atoms with Gasteiger partial charge >= 0.3 is 0 Å². The molecule has 0 amide bonds. The summed E-state index contributed by atoms with van der Waals surface area (Å²) < 4.78 is 0. The van der Waals surface area contributed by atoms with Crippen LogP contribution in [0.2, 0.25) is 0 Å². The Morgan fingerprint density at radius 3 is 2.08 bits per heavy atom. The Morgan fingerprint density at radius 2 is 1.42 bits per heavy atom. The highest BCUT2D eigenvalue weighted by Gasteiger charge is 2.20. The first-order chi connectivity index (χ1) is 12.7. The first kappa shape index (κ1) is 18.8. The summed E-state index contributed by atoms with van der Waals surface area (Å²) in [6.07, 6.45) is 0.329. The Labute approximate surface area is 157 Å². The molecular weight excluding hydrogens is 337 g/mol. The van der Waals surface area contributed by atoms with E-state index in [2.05, 4.69) is 66.8 Å². The summed E-state index contributed by atoms with van der Waals surface area (Å²) in [5.74, 6) is 0. The van der Waals surface area contributed by atoms with Gasteiger partial charge in [0.1, 0.15) is 0 Å². The van der Waals surface area contributed by atoms with Gasteiger partial charge in [-0.2, -0.15) is 0 Å². The third kappa shape index (κ3) is 4.59. The monoisotopic (exact) mass is 363 g/mol. The molecule has 0 aromatic heterocycles. The predicted molar refractivity (Wildman–Crippen MR) is 113 cm³/mol. The normalized spacial score (nSPS) is 14.6. The van der Waals surface area contributed by atoms with Gasteiger partial charge in [0.05, 0.1) is 6.10 Å². The molecule has 3 heteroatoms. The van der Waals surface area contributed by atoms with E-state index < -0.39 is 14.0 Å². The summed E-state index contributed by atoms with van der Waals surface area (Å²) in [6.45, 7) is 4.23. The number of hydrogen-bond donors (Lipinski definition) is 2. The number of rotatable bonds is 7. The Morgan fingerprint density at radius 1 is 0.846 bits per heavy atom. The lowest BCUT2D eigenvalue weighted by Gasteiger charge is -2.26. The zero-order chi connectivity index (χ0) is 18.4. The lowest BCUT2D eigenvalue weighted by atomic mass is 10.0. The van der Waals surface area contributed by atoms with Gasteiger partial charge in [-0.1, -0.05) is 84.9 Å². The van der Waals surface area contributed by atoms with Crippen LogP contribution in [0.4, 0.5) is 0 Å². The van der Waals surface area contributed by atoms with Crippen molar-refractivity contribution in [3.8, 4) is 0 Å². The highest BCUT2D eigenvalue weighted by molar-refractivity contribution is 7.73. The second-order valence-electron chi connectivity index (χ2n) is 6.56. The lowest BCUT2D eigenvalue weighted by molar-refractivity contribution is 0.139. The van der Waals surface area contributed by atoms with Crippen LogP contribution in [0, 0.1) is 6.92 Å². The Kier molecular flexibility index (Phi) is 6.57. The van der Waals surface area contributed by atoms with Crippen molar-refractivity contribution in [2.75, 3.05) is 6.29 Å². The Bertz CT molecular complexity index is 807. The number of benzene rings is 3. The van der Waals surface area contributed by atoms with E-state index in [1.165, 1.54) is 16.2 Å². The maximum Gasteiger partial charge on any atom is 0.0940 e. The molecule has 3 aromatic carbocycles. The van der Waals surface area contributed by atoms with Crippen LogP contribution in [0.1, 0.15) is 24.2 Å². The lowest BCUT2D eigenvalue weighted by Crippen LogP contribution is -2.35. The van der Waals surface area contributed by atoms with Crippen LogP contribution in [0.3, 0.4) is 0 Å². The number of hydrogen-bond acceptors (Lipinski definition) is 2. The molecule has 3 atom stereocenters. The first-order valence-corrected chi connectivity index (χ1v) is 10.5. The van der Waals surface area contributed by atoms with E-state index in [9.17, 15) is 5.11 Å². The number of aliphatic hydroxyl groups is 1. The fourth-order valence-electron chi connectivity index (χ4n) is 3.08. The van der Waals surface area contributed by atoms with E-state index in [1.54, 1.807) is 0 Å². The molecule has 0 heterocycles. The maximum absolute atomic E-state index is 10.6. The summed E-state index contributed by atoms with van der Waals surface area (Å²) >= 11 is 0. The van der Waals surface area contributed by atoms with Crippen molar-refractivity contribution >= 4 is 18.5 Å². The maximum atomic E-state index is 10.6. The van der Waals surface area contributed by atoms with E-state index in [0.717, 1.165) is 11.8 Å². The average molecular weight is 363 g/mol. The molecule has 0 bridgehead atoms. The Balaban J connectivity index is 1.77. The van der Waals surface area contributed by atoms with Crippen LogP contribution < -0.4 is 15.9 Å². The fourth-order valence-corrected chi connectivity index (χ4v) is 5.48. The highest BCUT2D eigenvalue weighted by Crippen LogP contribution is 2.34. The predicted octanol–water partition coefficient (Wildman–Crippen LogP) is 4.10. The van der Waals surface area contributed by atoms with Crippen LogP contribution >= 0.6 is 7.92 Å². The SMILES string of the molecule is Cc1ccccc1[P@@](CN[C@@H](C)[C@H](O)c1ccccc1)c1ccccc1. The third-order valence-corrected chi connectivity index (χ3v) is 7.16. The number of aryl methyl sites for hydroxylation is 1. The van der Waals surface area contributed by atoms with Gasteiger partial charge in [-0.15, -0.1) is 0 Å². The van der Waals surface area contributed by atoms with Crippen LogP contribution in [0.25, 0.3) is 0 Å². The molecule has 134 valence electrons. The molecule has 0 radical (unpaired) electrons. The average Bonchev–Trinajstić information content (AvgIpc) is 2.70. The van der Waals surface area contributed by atoms with Crippen LogP contribution in [0.5, 0.6) is 0 Å². The van der Waals surface area contributed by atoms with E-state index in [4.69, 9.17) is 0 Å². The molecule has 0 spiro atoms. The molecule has 0 unspecified atom stereocenters. The van der Waals surface area contributed by atoms with Crippen molar-refractivity contribution in [1.29, 1.82) is 0 Å². The summed E-state index contributed by atoms with van der Waals surface area (Å²) in [5, 5.41) is 17.0. The minimum atomic E-state index is -0.520. The van der Waals surface area contributed by atoms with Crippen molar-refractivity contribution in [3.63, 3.8) is 0 Å². The van der Waals surface area contributed by atoms with Crippen molar-refractivity contribution in [1.82, 2.24) is 5.32 Å².